The van der Waals surface area contributed by atoms with Crippen LogP contribution in [0.5, 0.6) is 0 Å². The molecule has 0 saturated carbocycles. The van der Waals surface area contributed by atoms with Crippen molar-refractivity contribution in [2.24, 2.45) is 5.14 Å². The second-order valence-corrected chi connectivity index (χ2v) is 6.31. The summed E-state index contributed by atoms with van der Waals surface area (Å²) in [6, 6.07) is 0.105. The predicted molar refractivity (Wildman–Crippen MR) is 66.5 cm³/mol. The Hall–Kier alpha value is -0.400. The summed E-state index contributed by atoms with van der Waals surface area (Å²) in [4.78, 5) is 0. The van der Waals surface area contributed by atoms with Gasteiger partial charge in [-0.1, -0.05) is 6.92 Å². The van der Waals surface area contributed by atoms with Crippen LogP contribution in [0.25, 0.3) is 0 Å². The van der Waals surface area contributed by atoms with Gasteiger partial charge in [0.1, 0.15) is 5.75 Å². The van der Waals surface area contributed by atoms with E-state index >= 15 is 0 Å². The van der Waals surface area contributed by atoms with Gasteiger partial charge in [-0.25, -0.2) is 13.6 Å². The molecular weight excluding hydrogens is 294 g/mol. The average molecular weight is 310 g/mol. The van der Waals surface area contributed by atoms with Crippen molar-refractivity contribution in [3.05, 3.63) is 15.9 Å². The zero-order chi connectivity index (χ0) is 12.5. The summed E-state index contributed by atoms with van der Waals surface area (Å²) in [7, 11) is -3.54. The molecule has 1 aromatic rings. The highest BCUT2D eigenvalue weighted by Crippen LogP contribution is 2.25. The van der Waals surface area contributed by atoms with E-state index in [0.717, 1.165) is 16.6 Å². The third kappa shape index (κ3) is 3.05. The quantitative estimate of drug-likeness (QED) is 0.917. The molecule has 92 valence electrons. The van der Waals surface area contributed by atoms with Gasteiger partial charge < -0.3 is 0 Å². The van der Waals surface area contributed by atoms with E-state index < -0.39 is 10.0 Å². The number of halogens is 1. The molecule has 7 heteroatoms. The van der Waals surface area contributed by atoms with Crippen LogP contribution < -0.4 is 5.14 Å². The highest BCUT2D eigenvalue weighted by Gasteiger charge is 2.20. The van der Waals surface area contributed by atoms with Crippen molar-refractivity contribution in [3.63, 3.8) is 0 Å². The van der Waals surface area contributed by atoms with Crippen LogP contribution in [-0.4, -0.2) is 18.2 Å². The molecule has 16 heavy (non-hydrogen) atoms. The highest BCUT2D eigenvalue weighted by atomic mass is 79.9. The number of primary sulfonamides is 1. The zero-order valence-electron chi connectivity index (χ0n) is 9.57. The molecule has 0 atom stereocenters. The Bertz CT molecular complexity index is 479. The molecular formula is C9H16BrN3O2S. The number of hydrogen-bond acceptors (Lipinski definition) is 3. The van der Waals surface area contributed by atoms with E-state index in [0.29, 0.717) is 5.69 Å². The van der Waals surface area contributed by atoms with Crippen LogP contribution in [0.4, 0.5) is 0 Å². The number of hydrogen-bond donors (Lipinski definition) is 1. The standard InChI is InChI=1S/C9H16BrN3O2S/c1-4-7-9(10)8(5-16(11,14)15)13(12-7)6(2)3/h6H,4-5H2,1-3H3,(H2,11,14,15). The summed E-state index contributed by atoms with van der Waals surface area (Å²) >= 11 is 3.38. The third-order valence-electron chi connectivity index (χ3n) is 2.17. The maximum atomic E-state index is 11.1. The molecule has 0 unspecified atom stereocenters. The lowest BCUT2D eigenvalue weighted by molar-refractivity contribution is 0.509. The number of nitrogens with zero attached hydrogens (tertiary/aromatic N) is 2. The van der Waals surface area contributed by atoms with Crippen LogP contribution in [0.15, 0.2) is 4.47 Å². The van der Waals surface area contributed by atoms with Crippen molar-refractivity contribution in [2.45, 2.75) is 39.0 Å². The topological polar surface area (TPSA) is 78.0 Å². The Kier molecular flexibility index (Phi) is 4.14. The number of sulfonamides is 1. The first kappa shape index (κ1) is 13.7. The first-order valence-electron chi connectivity index (χ1n) is 5.02. The number of nitrogens with two attached hydrogens (primary N) is 1. The van der Waals surface area contributed by atoms with Crippen LogP contribution in [0.3, 0.4) is 0 Å². The Morgan fingerprint density at radius 2 is 2.06 bits per heavy atom. The maximum Gasteiger partial charge on any atom is 0.214 e. The molecule has 1 aromatic heterocycles. The van der Waals surface area contributed by atoms with Gasteiger partial charge in [-0.3, -0.25) is 4.68 Å². The van der Waals surface area contributed by atoms with E-state index in [1.165, 1.54) is 0 Å². The van der Waals surface area contributed by atoms with Gasteiger partial charge in [0.2, 0.25) is 10.0 Å². The van der Waals surface area contributed by atoms with Crippen molar-refractivity contribution in [1.82, 2.24) is 9.78 Å². The van der Waals surface area contributed by atoms with E-state index in [4.69, 9.17) is 5.14 Å². The average Bonchev–Trinajstić information content (AvgIpc) is 2.42. The molecule has 0 aliphatic heterocycles. The minimum Gasteiger partial charge on any atom is -0.265 e. The highest BCUT2D eigenvalue weighted by molar-refractivity contribution is 9.10. The minimum absolute atomic E-state index is 0.105. The molecule has 1 heterocycles. The Balaban J connectivity index is 3.29. The third-order valence-corrected chi connectivity index (χ3v) is 3.76. The lowest BCUT2D eigenvalue weighted by Crippen LogP contribution is -2.18. The van der Waals surface area contributed by atoms with Gasteiger partial charge in [0.25, 0.3) is 0 Å². The van der Waals surface area contributed by atoms with Crippen LogP contribution >= 0.6 is 15.9 Å². The smallest absolute Gasteiger partial charge is 0.214 e. The summed E-state index contributed by atoms with van der Waals surface area (Å²) < 4.78 is 24.7. The van der Waals surface area contributed by atoms with Crippen molar-refractivity contribution in [1.29, 1.82) is 0 Å². The molecule has 0 fully saturated rings. The van der Waals surface area contributed by atoms with Crippen LogP contribution in [0.1, 0.15) is 38.2 Å². The minimum atomic E-state index is -3.54. The second kappa shape index (κ2) is 4.85. The molecule has 0 spiro atoms. The first-order chi connectivity index (χ1) is 7.26. The molecule has 0 aliphatic carbocycles. The maximum absolute atomic E-state index is 11.1. The summed E-state index contributed by atoms with van der Waals surface area (Å²) in [6.07, 6.45) is 0.748. The molecule has 0 aliphatic rings. The van der Waals surface area contributed by atoms with Crippen LogP contribution in [-0.2, 0) is 22.2 Å². The summed E-state index contributed by atoms with van der Waals surface area (Å²) in [5, 5.41) is 9.43. The molecule has 0 radical (unpaired) electrons. The monoisotopic (exact) mass is 309 g/mol. The molecule has 0 bridgehead atoms. The number of aryl methyl sites for hydroxylation is 1. The molecule has 0 saturated heterocycles. The Morgan fingerprint density at radius 3 is 2.44 bits per heavy atom. The largest absolute Gasteiger partial charge is 0.265 e. The first-order valence-corrected chi connectivity index (χ1v) is 7.53. The van der Waals surface area contributed by atoms with Gasteiger partial charge in [0.05, 0.1) is 15.9 Å². The fourth-order valence-corrected chi connectivity index (χ4v) is 3.00. The SMILES string of the molecule is CCc1nn(C(C)C)c(CS(N)(=O)=O)c1Br. The fraction of sp³-hybridized carbons (Fsp3) is 0.667. The molecule has 1 rings (SSSR count). The van der Waals surface area contributed by atoms with E-state index in [1.54, 1.807) is 4.68 Å². The van der Waals surface area contributed by atoms with Crippen LogP contribution in [0, 0.1) is 0 Å². The number of rotatable bonds is 4. The zero-order valence-corrected chi connectivity index (χ0v) is 12.0. The van der Waals surface area contributed by atoms with E-state index in [1.807, 2.05) is 20.8 Å². The Morgan fingerprint density at radius 1 is 1.50 bits per heavy atom. The van der Waals surface area contributed by atoms with Crippen molar-refractivity contribution < 1.29 is 8.42 Å². The van der Waals surface area contributed by atoms with Gasteiger partial charge in [0.15, 0.2) is 0 Å². The van der Waals surface area contributed by atoms with Gasteiger partial charge in [-0.2, -0.15) is 5.10 Å². The summed E-state index contributed by atoms with van der Waals surface area (Å²) in [5.74, 6) is -0.196. The van der Waals surface area contributed by atoms with Crippen molar-refractivity contribution in [2.75, 3.05) is 0 Å². The van der Waals surface area contributed by atoms with Gasteiger partial charge in [0, 0.05) is 6.04 Å². The second-order valence-electron chi connectivity index (χ2n) is 3.91. The van der Waals surface area contributed by atoms with Gasteiger partial charge >= 0.3 is 0 Å². The van der Waals surface area contributed by atoms with Gasteiger partial charge in [-0.15, -0.1) is 0 Å². The lowest BCUT2D eigenvalue weighted by Gasteiger charge is -2.10. The van der Waals surface area contributed by atoms with E-state index in [2.05, 4.69) is 21.0 Å². The van der Waals surface area contributed by atoms with Crippen molar-refractivity contribution >= 4 is 26.0 Å². The fourth-order valence-electron chi connectivity index (χ4n) is 1.47. The Labute approximate surface area is 104 Å². The summed E-state index contributed by atoms with van der Waals surface area (Å²) in [6.45, 7) is 5.87. The van der Waals surface area contributed by atoms with E-state index in [-0.39, 0.29) is 11.8 Å². The predicted octanol–water partition coefficient (Wildman–Crippen LogP) is 1.58. The molecule has 2 N–H and O–H groups in total. The summed E-state index contributed by atoms with van der Waals surface area (Å²) in [5.41, 5.74) is 1.47. The van der Waals surface area contributed by atoms with Gasteiger partial charge in [-0.05, 0) is 36.2 Å². The lowest BCUT2D eigenvalue weighted by atomic mass is 10.3. The van der Waals surface area contributed by atoms with E-state index in [9.17, 15) is 8.42 Å². The molecule has 0 aromatic carbocycles. The number of aromatic nitrogens is 2. The normalized spacial score (nSPS) is 12.4. The molecule has 5 nitrogen and oxygen atoms in total. The molecule has 0 amide bonds. The van der Waals surface area contributed by atoms with Crippen LogP contribution in [0.2, 0.25) is 0 Å². The van der Waals surface area contributed by atoms with Crippen molar-refractivity contribution in [3.8, 4) is 0 Å².